The van der Waals surface area contributed by atoms with Crippen molar-refractivity contribution in [3.05, 3.63) is 0 Å². The summed E-state index contributed by atoms with van der Waals surface area (Å²) in [5.74, 6) is 0.221. The number of likely N-dealkylation sites (tertiary alicyclic amines) is 1. The number of hydrogen-bond donors (Lipinski definition) is 0. The van der Waals surface area contributed by atoms with E-state index in [4.69, 9.17) is 9.47 Å². The van der Waals surface area contributed by atoms with Gasteiger partial charge in [0.2, 0.25) is 5.91 Å². The van der Waals surface area contributed by atoms with E-state index in [1.54, 1.807) is 4.90 Å². The first kappa shape index (κ1) is 17.1. The Morgan fingerprint density at radius 3 is 2.32 bits per heavy atom. The number of nitrogens with zero attached hydrogens (tertiary/aromatic N) is 2. The van der Waals surface area contributed by atoms with Crippen LogP contribution in [0.4, 0.5) is 4.79 Å². The molecule has 2 heterocycles. The van der Waals surface area contributed by atoms with Crippen molar-refractivity contribution in [1.29, 1.82) is 0 Å². The van der Waals surface area contributed by atoms with Crippen molar-refractivity contribution in [1.82, 2.24) is 9.80 Å². The highest BCUT2D eigenvalue weighted by atomic mass is 16.6. The number of ether oxygens (including phenoxy) is 2. The largest absolute Gasteiger partial charge is 0.444 e. The molecule has 0 aliphatic carbocycles. The van der Waals surface area contributed by atoms with E-state index < -0.39 is 5.60 Å². The minimum absolute atomic E-state index is 0.0132. The molecule has 0 radical (unpaired) electrons. The normalized spacial score (nSPS) is 24.3. The Bertz CT molecular complexity index is 411. The Morgan fingerprint density at radius 1 is 1.14 bits per heavy atom. The molecule has 22 heavy (non-hydrogen) atoms. The van der Waals surface area contributed by atoms with Crippen LogP contribution in [0.1, 0.15) is 40.5 Å². The summed E-state index contributed by atoms with van der Waals surface area (Å²) in [7, 11) is 0. The van der Waals surface area contributed by atoms with Gasteiger partial charge in [-0.05, 0) is 40.5 Å². The molecule has 1 atom stereocenters. The van der Waals surface area contributed by atoms with Gasteiger partial charge < -0.3 is 19.3 Å². The van der Waals surface area contributed by atoms with E-state index in [-0.39, 0.29) is 24.0 Å². The zero-order valence-electron chi connectivity index (χ0n) is 14.1. The monoisotopic (exact) mass is 312 g/mol. The Morgan fingerprint density at radius 2 is 1.77 bits per heavy atom. The van der Waals surface area contributed by atoms with Crippen molar-refractivity contribution < 1.29 is 19.1 Å². The van der Waals surface area contributed by atoms with E-state index >= 15 is 0 Å². The van der Waals surface area contributed by atoms with Crippen LogP contribution in [0.5, 0.6) is 0 Å². The summed E-state index contributed by atoms with van der Waals surface area (Å²) in [6.45, 7) is 10.7. The van der Waals surface area contributed by atoms with Gasteiger partial charge in [-0.2, -0.15) is 0 Å². The molecule has 1 unspecified atom stereocenters. The van der Waals surface area contributed by atoms with Crippen molar-refractivity contribution >= 4 is 12.0 Å². The molecule has 0 saturated carbocycles. The topological polar surface area (TPSA) is 59.1 Å². The van der Waals surface area contributed by atoms with Gasteiger partial charge in [-0.3, -0.25) is 4.79 Å². The molecular formula is C16H28N2O4. The lowest BCUT2D eigenvalue weighted by Gasteiger charge is -2.38. The van der Waals surface area contributed by atoms with Gasteiger partial charge in [-0.25, -0.2) is 4.79 Å². The summed E-state index contributed by atoms with van der Waals surface area (Å²) in [5.41, 5.74) is -0.479. The standard InChI is InChI=1S/C16H28N2O4/c1-12-11-21-10-9-18(12)14(19)13-5-7-17(8-6-13)15(20)22-16(2,3)4/h12-13H,5-11H2,1-4H3. The number of carbonyl (C=O) groups is 2. The minimum atomic E-state index is -0.479. The van der Waals surface area contributed by atoms with E-state index in [1.165, 1.54) is 0 Å². The van der Waals surface area contributed by atoms with Gasteiger partial charge in [-0.15, -0.1) is 0 Å². The van der Waals surface area contributed by atoms with E-state index in [2.05, 4.69) is 0 Å². The second-order valence-corrected chi connectivity index (χ2v) is 7.20. The van der Waals surface area contributed by atoms with Crippen molar-refractivity contribution in [2.24, 2.45) is 5.92 Å². The number of carbonyl (C=O) groups excluding carboxylic acids is 2. The van der Waals surface area contributed by atoms with Crippen molar-refractivity contribution in [3.63, 3.8) is 0 Å². The first-order valence-electron chi connectivity index (χ1n) is 8.14. The predicted molar refractivity (Wildman–Crippen MR) is 82.5 cm³/mol. The highest BCUT2D eigenvalue weighted by Crippen LogP contribution is 2.23. The van der Waals surface area contributed by atoms with Gasteiger partial charge >= 0.3 is 6.09 Å². The molecule has 2 amide bonds. The van der Waals surface area contributed by atoms with Gasteiger partial charge in [-0.1, -0.05) is 0 Å². The maximum absolute atomic E-state index is 12.6. The molecule has 2 saturated heterocycles. The average Bonchev–Trinajstić information content (AvgIpc) is 2.45. The van der Waals surface area contributed by atoms with E-state index in [0.717, 1.165) is 0 Å². The highest BCUT2D eigenvalue weighted by molar-refractivity contribution is 5.79. The fraction of sp³-hybridized carbons (Fsp3) is 0.875. The van der Waals surface area contributed by atoms with E-state index in [0.29, 0.717) is 45.7 Å². The summed E-state index contributed by atoms with van der Waals surface area (Å²) in [6.07, 6.45) is 1.14. The molecule has 0 spiro atoms. The first-order chi connectivity index (χ1) is 10.3. The van der Waals surface area contributed by atoms with Crippen LogP contribution in [0.25, 0.3) is 0 Å². The summed E-state index contributed by atoms with van der Waals surface area (Å²) in [4.78, 5) is 28.3. The third kappa shape index (κ3) is 4.35. The van der Waals surface area contributed by atoms with Gasteiger partial charge in [0, 0.05) is 25.6 Å². The number of amides is 2. The minimum Gasteiger partial charge on any atom is -0.444 e. The fourth-order valence-corrected chi connectivity index (χ4v) is 2.92. The SMILES string of the molecule is CC1COCCN1C(=O)C1CCN(C(=O)OC(C)(C)C)CC1. The third-order valence-corrected chi connectivity index (χ3v) is 4.15. The molecule has 0 aromatic rings. The lowest BCUT2D eigenvalue weighted by Crippen LogP contribution is -2.51. The molecule has 6 heteroatoms. The molecule has 0 N–H and O–H groups in total. The molecule has 126 valence electrons. The number of piperidine rings is 1. The molecule has 2 rings (SSSR count). The van der Waals surface area contributed by atoms with Gasteiger partial charge in [0.15, 0.2) is 0 Å². The molecule has 0 aromatic carbocycles. The number of morpholine rings is 1. The van der Waals surface area contributed by atoms with Crippen LogP contribution >= 0.6 is 0 Å². The first-order valence-corrected chi connectivity index (χ1v) is 8.14. The molecule has 0 aromatic heterocycles. The second kappa shape index (κ2) is 6.86. The van der Waals surface area contributed by atoms with Crippen LogP contribution in [-0.2, 0) is 14.3 Å². The zero-order chi connectivity index (χ0) is 16.3. The lowest BCUT2D eigenvalue weighted by molar-refractivity contribution is -0.145. The maximum atomic E-state index is 12.6. The fourth-order valence-electron chi connectivity index (χ4n) is 2.92. The van der Waals surface area contributed by atoms with Crippen LogP contribution < -0.4 is 0 Å². The number of rotatable bonds is 1. The van der Waals surface area contributed by atoms with Crippen LogP contribution in [0, 0.1) is 5.92 Å². The Labute approximate surface area is 132 Å². The highest BCUT2D eigenvalue weighted by Gasteiger charge is 2.34. The molecular weight excluding hydrogens is 284 g/mol. The van der Waals surface area contributed by atoms with Crippen molar-refractivity contribution in [3.8, 4) is 0 Å². The predicted octanol–water partition coefficient (Wildman–Crippen LogP) is 1.88. The Kier molecular flexibility index (Phi) is 5.32. The third-order valence-electron chi connectivity index (χ3n) is 4.15. The van der Waals surface area contributed by atoms with Gasteiger partial charge in [0.05, 0.1) is 19.3 Å². The van der Waals surface area contributed by atoms with Crippen LogP contribution in [-0.4, -0.2) is 66.3 Å². The van der Waals surface area contributed by atoms with Crippen molar-refractivity contribution in [2.75, 3.05) is 32.8 Å². The summed E-state index contributed by atoms with van der Waals surface area (Å²) >= 11 is 0. The summed E-state index contributed by atoms with van der Waals surface area (Å²) in [6, 6.07) is 0.144. The summed E-state index contributed by atoms with van der Waals surface area (Å²) in [5, 5.41) is 0. The van der Waals surface area contributed by atoms with Crippen LogP contribution in [0.2, 0.25) is 0 Å². The Hall–Kier alpha value is -1.30. The van der Waals surface area contributed by atoms with Crippen LogP contribution in [0.15, 0.2) is 0 Å². The second-order valence-electron chi connectivity index (χ2n) is 7.20. The molecule has 6 nitrogen and oxygen atoms in total. The Balaban J connectivity index is 1.84. The lowest BCUT2D eigenvalue weighted by atomic mass is 9.94. The summed E-state index contributed by atoms with van der Waals surface area (Å²) < 4.78 is 10.8. The molecule has 0 bridgehead atoms. The average molecular weight is 312 g/mol. The quantitative estimate of drug-likeness (QED) is 0.742. The molecule has 2 aliphatic heterocycles. The zero-order valence-corrected chi connectivity index (χ0v) is 14.1. The maximum Gasteiger partial charge on any atom is 0.410 e. The van der Waals surface area contributed by atoms with E-state index in [1.807, 2.05) is 32.6 Å². The van der Waals surface area contributed by atoms with E-state index in [9.17, 15) is 9.59 Å². The van der Waals surface area contributed by atoms with Crippen molar-refractivity contribution in [2.45, 2.75) is 52.2 Å². The van der Waals surface area contributed by atoms with Gasteiger partial charge in [0.25, 0.3) is 0 Å². The smallest absolute Gasteiger partial charge is 0.410 e. The molecule has 2 aliphatic rings. The number of hydrogen-bond acceptors (Lipinski definition) is 4. The molecule has 2 fully saturated rings. The van der Waals surface area contributed by atoms with Gasteiger partial charge in [0.1, 0.15) is 5.60 Å². The van der Waals surface area contributed by atoms with Crippen LogP contribution in [0.3, 0.4) is 0 Å².